The smallest absolute Gasteiger partial charge is 0.150 e. The normalized spacial score (nSPS) is 13.2. The van der Waals surface area contributed by atoms with Crippen LogP contribution in [0.25, 0.3) is 11.1 Å². The molecule has 3 aromatic carbocycles. The summed E-state index contributed by atoms with van der Waals surface area (Å²) < 4.78 is 0. The number of hydrogen-bond acceptors (Lipinski definition) is 2. The highest BCUT2D eigenvalue weighted by molar-refractivity contribution is 5.81. The molecule has 4 rings (SSSR count). The number of aldehydes is 1. The molecule has 0 aromatic heterocycles. The number of carbonyl (C=O) groups excluding carboxylic acids is 1. The van der Waals surface area contributed by atoms with Crippen LogP contribution in [0.5, 0.6) is 0 Å². The van der Waals surface area contributed by atoms with E-state index in [1.165, 1.54) is 105 Å². The molecule has 0 saturated heterocycles. The Balaban J connectivity index is 1.42. The molecule has 0 aliphatic heterocycles. The van der Waals surface area contributed by atoms with Gasteiger partial charge in [-0.15, -0.1) is 0 Å². The van der Waals surface area contributed by atoms with E-state index >= 15 is 0 Å². The zero-order valence-electron chi connectivity index (χ0n) is 24.9. The van der Waals surface area contributed by atoms with Gasteiger partial charge < -0.3 is 4.90 Å². The Morgan fingerprint density at radius 1 is 0.667 bits per heavy atom. The lowest BCUT2D eigenvalue weighted by Gasteiger charge is -2.33. The molecule has 2 nitrogen and oxygen atoms in total. The van der Waals surface area contributed by atoms with Gasteiger partial charge in [0, 0.05) is 30.3 Å². The Labute approximate surface area is 237 Å². The Kier molecular flexibility index (Phi) is 10.4. The zero-order valence-corrected chi connectivity index (χ0v) is 24.9. The van der Waals surface area contributed by atoms with Crippen molar-refractivity contribution in [2.24, 2.45) is 0 Å². The minimum Gasteiger partial charge on any atom is -0.375 e. The van der Waals surface area contributed by atoms with Gasteiger partial charge in [-0.05, 0) is 79.6 Å². The predicted molar refractivity (Wildman–Crippen MR) is 168 cm³/mol. The summed E-state index contributed by atoms with van der Waals surface area (Å²) in [6.45, 7) is 7.86. The lowest BCUT2D eigenvalue weighted by Crippen LogP contribution is -2.26. The van der Waals surface area contributed by atoms with Crippen LogP contribution < -0.4 is 4.90 Å². The molecule has 2 heteroatoms. The fourth-order valence-electron chi connectivity index (χ4n) is 6.66. The average molecular weight is 524 g/mol. The molecular weight excluding hydrogens is 474 g/mol. The SMILES string of the molecule is CCCCCCCCC1(CCCCCCN(C)c2ccc(C=O)cc2)c2cc(C)ccc2-c2ccc(C)cc21. The summed E-state index contributed by atoms with van der Waals surface area (Å²) in [7, 11) is 2.16. The van der Waals surface area contributed by atoms with Gasteiger partial charge in [0.25, 0.3) is 0 Å². The third kappa shape index (κ3) is 7.02. The quantitative estimate of drug-likeness (QED) is 0.137. The zero-order chi connectivity index (χ0) is 27.7. The molecule has 1 aliphatic rings. The summed E-state index contributed by atoms with van der Waals surface area (Å²) in [5.74, 6) is 0. The number of benzene rings is 3. The van der Waals surface area contributed by atoms with E-state index < -0.39 is 0 Å². The van der Waals surface area contributed by atoms with Crippen molar-refractivity contribution in [3.63, 3.8) is 0 Å². The largest absolute Gasteiger partial charge is 0.375 e. The van der Waals surface area contributed by atoms with Crippen molar-refractivity contribution in [1.82, 2.24) is 0 Å². The van der Waals surface area contributed by atoms with Crippen LogP contribution in [0.2, 0.25) is 0 Å². The monoisotopic (exact) mass is 523 g/mol. The average Bonchev–Trinajstić information content (AvgIpc) is 3.20. The van der Waals surface area contributed by atoms with Crippen molar-refractivity contribution in [3.8, 4) is 11.1 Å². The van der Waals surface area contributed by atoms with Gasteiger partial charge in [0.05, 0.1) is 0 Å². The Morgan fingerprint density at radius 3 is 1.72 bits per heavy atom. The molecule has 1 aliphatic carbocycles. The Hall–Kier alpha value is -2.87. The highest BCUT2D eigenvalue weighted by atomic mass is 16.1. The van der Waals surface area contributed by atoms with E-state index in [0.717, 1.165) is 18.4 Å². The van der Waals surface area contributed by atoms with E-state index in [1.54, 1.807) is 11.1 Å². The van der Waals surface area contributed by atoms with Crippen LogP contribution in [0.1, 0.15) is 117 Å². The third-order valence-corrected chi connectivity index (χ3v) is 8.95. The van der Waals surface area contributed by atoms with Gasteiger partial charge in [-0.3, -0.25) is 4.79 Å². The number of nitrogens with zero attached hydrogens (tertiary/aromatic N) is 1. The molecule has 0 unspecified atom stereocenters. The molecule has 0 bridgehead atoms. The topological polar surface area (TPSA) is 20.3 Å². The molecule has 39 heavy (non-hydrogen) atoms. The second-order valence-corrected chi connectivity index (χ2v) is 12.0. The van der Waals surface area contributed by atoms with Crippen LogP contribution in [0.15, 0.2) is 60.7 Å². The molecule has 3 aromatic rings. The molecule has 0 radical (unpaired) electrons. The van der Waals surface area contributed by atoms with Crippen LogP contribution in [-0.2, 0) is 5.41 Å². The second-order valence-electron chi connectivity index (χ2n) is 12.0. The molecule has 0 amide bonds. The van der Waals surface area contributed by atoms with Crippen LogP contribution in [0.3, 0.4) is 0 Å². The lowest BCUT2D eigenvalue weighted by molar-refractivity contribution is 0.112. The number of hydrogen-bond donors (Lipinski definition) is 0. The van der Waals surface area contributed by atoms with Crippen LogP contribution in [-0.4, -0.2) is 19.9 Å². The van der Waals surface area contributed by atoms with Crippen molar-refractivity contribution in [2.45, 2.75) is 103 Å². The Bertz CT molecular complexity index is 1160. The van der Waals surface area contributed by atoms with E-state index in [9.17, 15) is 4.79 Å². The summed E-state index contributed by atoms with van der Waals surface area (Å²) >= 11 is 0. The van der Waals surface area contributed by atoms with Crippen molar-refractivity contribution < 1.29 is 4.79 Å². The molecule has 0 spiro atoms. The minimum atomic E-state index is 0.157. The third-order valence-electron chi connectivity index (χ3n) is 8.95. The summed E-state index contributed by atoms with van der Waals surface area (Å²) in [6, 6.07) is 22.3. The fraction of sp³-hybridized carbons (Fsp3) is 0.486. The summed E-state index contributed by atoms with van der Waals surface area (Å²) in [6.07, 6.45) is 16.5. The van der Waals surface area contributed by atoms with E-state index in [1.807, 2.05) is 12.1 Å². The first-order valence-corrected chi connectivity index (χ1v) is 15.5. The van der Waals surface area contributed by atoms with Gasteiger partial charge in [-0.25, -0.2) is 0 Å². The van der Waals surface area contributed by atoms with Gasteiger partial charge in [0.2, 0.25) is 0 Å². The maximum absolute atomic E-state index is 10.9. The number of anilines is 1. The van der Waals surface area contributed by atoms with E-state index in [4.69, 9.17) is 0 Å². The van der Waals surface area contributed by atoms with E-state index in [-0.39, 0.29) is 5.41 Å². The summed E-state index contributed by atoms with van der Waals surface area (Å²) in [4.78, 5) is 13.3. The summed E-state index contributed by atoms with van der Waals surface area (Å²) in [5.41, 5.74) is 11.0. The number of fused-ring (bicyclic) bond motifs is 3. The molecule has 0 fully saturated rings. The molecule has 208 valence electrons. The second kappa shape index (κ2) is 14.0. The lowest BCUT2D eigenvalue weighted by atomic mass is 9.70. The first kappa shape index (κ1) is 29.1. The van der Waals surface area contributed by atoms with Crippen molar-refractivity contribution >= 4 is 12.0 Å². The Morgan fingerprint density at radius 2 is 1.18 bits per heavy atom. The number of carbonyl (C=O) groups is 1. The molecule has 0 saturated carbocycles. The van der Waals surface area contributed by atoms with Gasteiger partial charge in [-0.1, -0.05) is 112 Å². The number of rotatable bonds is 16. The first-order chi connectivity index (χ1) is 19.0. The van der Waals surface area contributed by atoms with Gasteiger partial charge in [0.1, 0.15) is 6.29 Å². The predicted octanol–water partition coefficient (Wildman–Crippen LogP) is 10.2. The molecule has 0 N–H and O–H groups in total. The van der Waals surface area contributed by atoms with E-state index in [0.29, 0.717) is 0 Å². The maximum Gasteiger partial charge on any atom is 0.150 e. The minimum absolute atomic E-state index is 0.157. The number of unbranched alkanes of at least 4 members (excludes halogenated alkanes) is 8. The highest BCUT2D eigenvalue weighted by Crippen LogP contribution is 2.54. The number of aryl methyl sites for hydroxylation is 2. The molecular formula is C37H49NO. The van der Waals surface area contributed by atoms with Crippen molar-refractivity contribution in [3.05, 3.63) is 88.5 Å². The molecule has 0 heterocycles. The summed E-state index contributed by atoms with van der Waals surface area (Å²) in [5, 5.41) is 0. The van der Waals surface area contributed by atoms with Crippen molar-refractivity contribution in [2.75, 3.05) is 18.5 Å². The fourth-order valence-corrected chi connectivity index (χ4v) is 6.66. The maximum atomic E-state index is 10.9. The van der Waals surface area contributed by atoms with Crippen molar-refractivity contribution in [1.29, 1.82) is 0 Å². The van der Waals surface area contributed by atoms with Crippen LogP contribution >= 0.6 is 0 Å². The standard InChI is InChI=1S/C37H49NO/c1-5-6-7-8-9-12-23-37(24-13-10-11-14-25-38(4)32-19-17-31(28-39)18-20-32)35-26-29(2)15-21-33(35)34-22-16-30(3)27-36(34)37/h15-22,26-28H,5-14,23-25H2,1-4H3. The molecule has 0 atom stereocenters. The first-order valence-electron chi connectivity index (χ1n) is 15.5. The van der Waals surface area contributed by atoms with Gasteiger partial charge in [0.15, 0.2) is 0 Å². The highest BCUT2D eigenvalue weighted by Gasteiger charge is 2.42. The van der Waals surface area contributed by atoms with Crippen LogP contribution in [0.4, 0.5) is 5.69 Å². The van der Waals surface area contributed by atoms with Gasteiger partial charge >= 0.3 is 0 Å². The van der Waals surface area contributed by atoms with Gasteiger partial charge in [-0.2, -0.15) is 0 Å². The van der Waals surface area contributed by atoms with E-state index in [2.05, 4.69) is 81.2 Å². The van der Waals surface area contributed by atoms with Crippen LogP contribution in [0, 0.1) is 13.8 Å².